The number of para-hydroxylation sites is 1. The van der Waals surface area contributed by atoms with Crippen LogP contribution in [0.15, 0.2) is 98.7 Å². The van der Waals surface area contributed by atoms with E-state index in [1.807, 2.05) is 56.3 Å². The van der Waals surface area contributed by atoms with Crippen LogP contribution in [0, 0.1) is 20.8 Å². The van der Waals surface area contributed by atoms with Crippen molar-refractivity contribution in [2.24, 2.45) is 22.1 Å². The molecule has 1 aliphatic rings. The molecule has 0 aliphatic carbocycles. The summed E-state index contributed by atoms with van der Waals surface area (Å²) in [6.45, 7) is 5.60. The van der Waals surface area contributed by atoms with Crippen molar-refractivity contribution >= 4 is 80.4 Å². The van der Waals surface area contributed by atoms with Crippen molar-refractivity contribution < 1.29 is 9.59 Å². The van der Waals surface area contributed by atoms with Crippen LogP contribution >= 0.6 is 36.2 Å². The van der Waals surface area contributed by atoms with E-state index in [2.05, 4.69) is 25.7 Å². The number of aryl methyl sites for hydroxylation is 2. The fourth-order valence-electron chi connectivity index (χ4n) is 4.36. The standard InChI is InChI=1S/C32H28N8O3S3/c1-19-10-14-22(15-11-19)27(41)34-30(44)36-31-33-18-25(46-31)37-39(32(45)35-28(42)23-16-12-20(2)13-17-23)26-21(3)38(4)40(29(26)43)24-8-6-5-7-9-24/h5-18H,1-4H3,(H,34,41,44)(H,35,42,45). The third-order valence-electron chi connectivity index (χ3n) is 6.87. The number of aromatic nitrogens is 2. The third-order valence-corrected chi connectivity index (χ3v) is 8.12. The summed E-state index contributed by atoms with van der Waals surface area (Å²) >= 11 is 12.0. The summed E-state index contributed by atoms with van der Waals surface area (Å²) in [5.74, 6) is -0.859. The Morgan fingerprint density at radius 2 is 1.41 bits per heavy atom. The molecule has 46 heavy (non-hydrogen) atoms. The molecule has 0 saturated carbocycles. The smallest absolute Gasteiger partial charge is 0.297 e. The zero-order chi connectivity index (χ0) is 33.0. The number of hydrogen-bond acceptors (Lipinski definition) is 7. The molecular formula is C32H28N8O3S3. The molecule has 1 aliphatic heterocycles. The van der Waals surface area contributed by atoms with Crippen LogP contribution in [0.25, 0.3) is 5.69 Å². The van der Waals surface area contributed by atoms with E-state index in [9.17, 15) is 14.4 Å². The van der Waals surface area contributed by atoms with Crippen molar-refractivity contribution in [2.75, 3.05) is 5.01 Å². The van der Waals surface area contributed by atoms with Gasteiger partial charge in [-0.05, 0) is 93.4 Å². The molecule has 2 heterocycles. The van der Waals surface area contributed by atoms with Gasteiger partial charge in [-0.3, -0.25) is 29.7 Å². The lowest BCUT2D eigenvalue weighted by molar-refractivity contribution is 0.0969. The normalized spacial score (nSPS) is 14.0. The largest absolute Gasteiger partial charge is 0.297 e. The van der Waals surface area contributed by atoms with Gasteiger partial charge in [0.15, 0.2) is 10.9 Å². The Balaban J connectivity index is 1.44. The minimum Gasteiger partial charge on any atom is -0.297 e. The number of carbonyl (C=O) groups is 2. The maximum absolute atomic E-state index is 13.9. The van der Waals surface area contributed by atoms with Crippen LogP contribution in [0.4, 0.5) is 5.69 Å². The molecule has 1 aromatic heterocycles. The van der Waals surface area contributed by atoms with E-state index < -0.39 is 17.4 Å². The van der Waals surface area contributed by atoms with E-state index in [1.54, 1.807) is 55.1 Å². The number of benzene rings is 3. The average Bonchev–Trinajstić information content (AvgIpc) is 3.56. The lowest BCUT2D eigenvalue weighted by Crippen LogP contribution is -2.42. The fraction of sp³-hybridized carbons (Fsp3) is 0.125. The van der Waals surface area contributed by atoms with Crippen LogP contribution in [-0.2, 0) is 7.05 Å². The summed E-state index contributed by atoms with van der Waals surface area (Å²) < 4.78 is 3.17. The van der Waals surface area contributed by atoms with Crippen molar-refractivity contribution in [1.82, 2.24) is 20.0 Å². The maximum Gasteiger partial charge on any atom is 0.297 e. The Kier molecular flexibility index (Phi) is 9.80. The molecule has 0 fully saturated rings. The van der Waals surface area contributed by atoms with Crippen LogP contribution in [-0.4, -0.2) is 47.8 Å². The van der Waals surface area contributed by atoms with Crippen LogP contribution in [0.3, 0.4) is 0 Å². The number of rotatable bonds is 5. The van der Waals surface area contributed by atoms with Crippen LogP contribution in [0.1, 0.15) is 37.5 Å². The second-order valence-electron chi connectivity index (χ2n) is 10.2. The number of hydrogen-bond donors (Lipinski definition) is 2. The van der Waals surface area contributed by atoms with E-state index >= 15 is 0 Å². The average molecular weight is 669 g/mol. The van der Waals surface area contributed by atoms with Gasteiger partial charge in [0, 0.05) is 18.2 Å². The van der Waals surface area contributed by atoms with Gasteiger partial charge >= 0.3 is 0 Å². The number of thiocarbonyl (C=S) groups is 2. The van der Waals surface area contributed by atoms with E-state index in [1.165, 1.54) is 15.9 Å². The van der Waals surface area contributed by atoms with E-state index in [-0.39, 0.29) is 21.1 Å². The summed E-state index contributed by atoms with van der Waals surface area (Å²) in [6.07, 6.45) is 1.43. The minimum atomic E-state index is -0.461. The van der Waals surface area contributed by atoms with Crippen LogP contribution in [0.5, 0.6) is 0 Å². The summed E-state index contributed by atoms with van der Waals surface area (Å²) in [7, 11) is 1.74. The maximum atomic E-state index is 13.9. The first kappa shape index (κ1) is 32.3. The highest BCUT2D eigenvalue weighted by Gasteiger charge is 2.27. The molecule has 14 heteroatoms. The molecule has 0 spiro atoms. The van der Waals surface area contributed by atoms with Crippen molar-refractivity contribution in [1.29, 1.82) is 0 Å². The number of nitrogens with zero attached hydrogens (tertiary/aromatic N) is 6. The molecule has 0 saturated heterocycles. The molecule has 0 bridgehead atoms. The van der Waals surface area contributed by atoms with Gasteiger partial charge in [0.05, 0.1) is 17.6 Å². The van der Waals surface area contributed by atoms with Gasteiger partial charge in [0.25, 0.3) is 17.4 Å². The summed E-state index contributed by atoms with van der Waals surface area (Å²) in [6, 6.07) is 23.2. The number of thioether (sulfide) groups is 1. The topological polar surface area (TPSA) is 125 Å². The number of amidine groups is 1. The summed E-state index contributed by atoms with van der Waals surface area (Å²) in [4.78, 5) is 48.1. The van der Waals surface area contributed by atoms with Gasteiger partial charge in [0.1, 0.15) is 5.04 Å². The number of amides is 2. The van der Waals surface area contributed by atoms with E-state index in [0.717, 1.165) is 22.9 Å². The second-order valence-corrected chi connectivity index (χ2v) is 11.9. The van der Waals surface area contributed by atoms with Crippen molar-refractivity contribution in [3.63, 3.8) is 0 Å². The predicted molar refractivity (Wildman–Crippen MR) is 192 cm³/mol. The molecule has 0 unspecified atom stereocenters. The quantitative estimate of drug-likeness (QED) is 0.231. The first-order valence-corrected chi connectivity index (χ1v) is 15.5. The monoisotopic (exact) mass is 668 g/mol. The molecule has 2 amide bonds. The Morgan fingerprint density at radius 1 is 0.848 bits per heavy atom. The zero-order valence-corrected chi connectivity index (χ0v) is 27.7. The highest BCUT2D eigenvalue weighted by atomic mass is 32.2. The molecule has 5 rings (SSSR count). The van der Waals surface area contributed by atoms with Gasteiger partial charge < -0.3 is 0 Å². The molecule has 3 aromatic carbocycles. The van der Waals surface area contributed by atoms with Crippen LogP contribution in [0.2, 0.25) is 0 Å². The van der Waals surface area contributed by atoms with E-state index in [0.29, 0.717) is 27.6 Å². The first-order chi connectivity index (χ1) is 22.0. The lowest BCUT2D eigenvalue weighted by atomic mass is 10.1. The van der Waals surface area contributed by atoms with Gasteiger partial charge in [-0.25, -0.2) is 9.67 Å². The number of aliphatic imine (C=N–C) groups is 2. The summed E-state index contributed by atoms with van der Waals surface area (Å²) in [5, 5.41) is 11.4. The van der Waals surface area contributed by atoms with Gasteiger partial charge in [-0.2, -0.15) is 15.1 Å². The molecule has 232 valence electrons. The first-order valence-electron chi connectivity index (χ1n) is 13.9. The van der Waals surface area contributed by atoms with E-state index in [4.69, 9.17) is 24.4 Å². The van der Waals surface area contributed by atoms with Gasteiger partial charge in [-0.1, -0.05) is 53.6 Å². The Morgan fingerprint density at radius 3 is 2.00 bits per heavy atom. The molecule has 2 N–H and O–H groups in total. The SMILES string of the molecule is Cc1ccc(C(=O)NC(=S)N=C2N=CC(=NN(C(=S)NC(=O)c3ccc(C)cc3)c3c(C)n(C)n(-c4ccccc4)c3=O)S2)cc1. The predicted octanol–water partition coefficient (Wildman–Crippen LogP) is 4.82. The fourth-order valence-corrected chi connectivity index (χ4v) is 5.48. The Hall–Kier alpha value is -5.05. The van der Waals surface area contributed by atoms with Crippen molar-refractivity contribution in [3.8, 4) is 5.69 Å². The third kappa shape index (κ3) is 7.25. The summed E-state index contributed by atoms with van der Waals surface area (Å²) in [5.41, 5.74) is 3.75. The zero-order valence-electron chi connectivity index (χ0n) is 25.2. The molecule has 11 nitrogen and oxygen atoms in total. The molecule has 0 atom stereocenters. The number of nitrogens with one attached hydrogen (secondary N) is 2. The van der Waals surface area contributed by atoms with Gasteiger partial charge in [0.2, 0.25) is 10.2 Å². The van der Waals surface area contributed by atoms with Crippen molar-refractivity contribution in [3.05, 3.63) is 117 Å². The minimum absolute atomic E-state index is 0.0751. The number of anilines is 1. The van der Waals surface area contributed by atoms with Gasteiger partial charge in [-0.15, -0.1) is 0 Å². The number of carbonyl (C=O) groups excluding carboxylic acids is 2. The Labute approximate surface area is 279 Å². The Bertz CT molecular complexity index is 1990. The molecule has 4 aromatic rings. The highest BCUT2D eigenvalue weighted by Crippen LogP contribution is 2.22. The second kappa shape index (κ2) is 13.9. The van der Waals surface area contributed by atoms with Crippen molar-refractivity contribution in [2.45, 2.75) is 20.8 Å². The van der Waals surface area contributed by atoms with Crippen LogP contribution < -0.4 is 21.2 Å². The molecule has 0 radical (unpaired) electrons. The lowest BCUT2D eigenvalue weighted by Gasteiger charge is -2.19. The molecular weight excluding hydrogens is 641 g/mol. The highest BCUT2D eigenvalue weighted by molar-refractivity contribution is 8.28. The number of hydrazone groups is 1.